The van der Waals surface area contributed by atoms with Crippen molar-refractivity contribution >= 4 is 17.9 Å². The van der Waals surface area contributed by atoms with Crippen LogP contribution in [-0.4, -0.2) is 52.1 Å². The van der Waals surface area contributed by atoms with Gasteiger partial charge in [-0.25, -0.2) is 4.79 Å². The number of aromatic hydroxyl groups is 1. The van der Waals surface area contributed by atoms with Gasteiger partial charge in [-0.1, -0.05) is 45.4 Å². The molecule has 198 valence electrons. The van der Waals surface area contributed by atoms with Crippen molar-refractivity contribution in [3.63, 3.8) is 0 Å². The SMILES string of the molecule is CCCCNC(=O)C(c1cccc(C)c1O)N(C(=O)C(CC(C)C)NC(=O)OC(C)(C)C)C(C)C. The highest BCUT2D eigenvalue weighted by molar-refractivity contribution is 5.92. The minimum absolute atomic E-state index is 0.0258. The minimum atomic E-state index is -1.06. The highest BCUT2D eigenvalue weighted by Gasteiger charge is 2.39. The number of para-hydroxylation sites is 1. The lowest BCUT2D eigenvalue weighted by Crippen LogP contribution is -2.55. The average molecular weight is 492 g/mol. The summed E-state index contributed by atoms with van der Waals surface area (Å²) in [5.41, 5.74) is 0.236. The maximum atomic E-state index is 14.0. The van der Waals surface area contributed by atoms with E-state index in [4.69, 9.17) is 4.74 Å². The Morgan fingerprint density at radius 1 is 1.11 bits per heavy atom. The average Bonchev–Trinajstić information content (AvgIpc) is 2.71. The smallest absolute Gasteiger partial charge is 0.408 e. The molecule has 1 aromatic carbocycles. The molecule has 2 unspecified atom stereocenters. The molecule has 1 rings (SSSR count). The molecule has 1 aromatic rings. The number of alkyl carbamates (subject to hydrolysis) is 1. The molecule has 3 amide bonds. The van der Waals surface area contributed by atoms with E-state index in [9.17, 15) is 19.5 Å². The molecule has 0 aliphatic carbocycles. The van der Waals surface area contributed by atoms with Gasteiger partial charge in [0.15, 0.2) is 0 Å². The van der Waals surface area contributed by atoms with Gasteiger partial charge in [-0.3, -0.25) is 9.59 Å². The number of ether oxygens (including phenoxy) is 1. The van der Waals surface area contributed by atoms with Crippen LogP contribution in [0.5, 0.6) is 5.75 Å². The van der Waals surface area contributed by atoms with Gasteiger partial charge in [0.25, 0.3) is 0 Å². The second kappa shape index (κ2) is 13.4. The Balaban J connectivity index is 3.49. The number of hydrogen-bond donors (Lipinski definition) is 3. The van der Waals surface area contributed by atoms with E-state index in [1.54, 1.807) is 45.9 Å². The molecule has 0 spiro atoms. The fourth-order valence-corrected chi connectivity index (χ4v) is 3.81. The predicted molar refractivity (Wildman–Crippen MR) is 138 cm³/mol. The Labute approximate surface area is 210 Å². The molecule has 0 radical (unpaired) electrons. The first-order chi connectivity index (χ1) is 16.2. The fraction of sp³-hybridized carbons (Fsp3) is 0.667. The summed E-state index contributed by atoms with van der Waals surface area (Å²) < 4.78 is 5.39. The van der Waals surface area contributed by atoms with Gasteiger partial charge >= 0.3 is 6.09 Å². The van der Waals surface area contributed by atoms with Crippen molar-refractivity contribution in [2.24, 2.45) is 5.92 Å². The molecule has 0 bridgehead atoms. The van der Waals surface area contributed by atoms with Gasteiger partial charge in [-0.2, -0.15) is 0 Å². The van der Waals surface area contributed by atoms with Crippen molar-refractivity contribution in [2.75, 3.05) is 6.54 Å². The molecule has 0 aliphatic heterocycles. The zero-order valence-corrected chi connectivity index (χ0v) is 22.9. The van der Waals surface area contributed by atoms with E-state index in [1.807, 2.05) is 34.6 Å². The summed E-state index contributed by atoms with van der Waals surface area (Å²) >= 11 is 0. The maximum absolute atomic E-state index is 14.0. The summed E-state index contributed by atoms with van der Waals surface area (Å²) in [6, 6.07) is 2.81. The third kappa shape index (κ3) is 9.42. The van der Waals surface area contributed by atoms with Crippen molar-refractivity contribution in [1.29, 1.82) is 0 Å². The number of phenols is 1. The molecule has 3 N–H and O–H groups in total. The number of rotatable bonds is 11. The predicted octanol–water partition coefficient (Wildman–Crippen LogP) is 4.83. The number of unbranched alkanes of at least 4 members (excludes halogenated alkanes) is 1. The Bertz CT molecular complexity index is 861. The lowest BCUT2D eigenvalue weighted by atomic mass is 9.96. The standard InChI is InChI=1S/C27H45N3O5/c1-10-11-15-28-24(32)22(20-14-12-13-19(6)23(20)31)30(18(4)5)25(33)21(16-17(2)3)29-26(34)35-27(7,8)9/h12-14,17-18,21-22,31H,10-11,15-16H2,1-9H3,(H,28,32)(H,29,34). The van der Waals surface area contributed by atoms with E-state index < -0.39 is 29.7 Å². The molecular weight excluding hydrogens is 446 g/mol. The van der Waals surface area contributed by atoms with Gasteiger partial charge in [-0.15, -0.1) is 0 Å². The van der Waals surface area contributed by atoms with Crippen LogP contribution in [-0.2, 0) is 14.3 Å². The molecule has 0 fully saturated rings. The van der Waals surface area contributed by atoms with Crippen molar-refractivity contribution in [3.8, 4) is 5.75 Å². The lowest BCUT2D eigenvalue weighted by Gasteiger charge is -2.37. The van der Waals surface area contributed by atoms with Crippen LogP contribution < -0.4 is 10.6 Å². The maximum Gasteiger partial charge on any atom is 0.408 e. The summed E-state index contributed by atoms with van der Waals surface area (Å²) in [5.74, 6) is -0.711. The summed E-state index contributed by atoms with van der Waals surface area (Å²) in [5, 5.41) is 16.5. The Morgan fingerprint density at radius 2 is 1.74 bits per heavy atom. The summed E-state index contributed by atoms with van der Waals surface area (Å²) in [6.45, 7) is 17.0. The third-order valence-corrected chi connectivity index (χ3v) is 5.43. The van der Waals surface area contributed by atoms with Crippen LogP contribution in [0, 0.1) is 12.8 Å². The van der Waals surface area contributed by atoms with E-state index in [0.29, 0.717) is 24.1 Å². The molecule has 0 saturated heterocycles. The first kappa shape index (κ1) is 30.3. The fourth-order valence-electron chi connectivity index (χ4n) is 3.81. The number of nitrogens with zero attached hydrogens (tertiary/aromatic N) is 1. The van der Waals surface area contributed by atoms with Gasteiger partial charge in [0.2, 0.25) is 11.8 Å². The number of nitrogens with one attached hydrogen (secondary N) is 2. The summed E-state index contributed by atoms with van der Waals surface area (Å²) in [4.78, 5) is 41.4. The normalized spacial score (nSPS) is 13.3. The summed E-state index contributed by atoms with van der Waals surface area (Å²) in [7, 11) is 0. The van der Waals surface area contributed by atoms with Crippen LogP contribution in [0.25, 0.3) is 0 Å². The zero-order chi connectivity index (χ0) is 26.9. The molecule has 2 atom stereocenters. The molecule has 8 heteroatoms. The quantitative estimate of drug-likeness (QED) is 0.384. The topological polar surface area (TPSA) is 108 Å². The molecule has 0 aliphatic rings. The highest BCUT2D eigenvalue weighted by atomic mass is 16.6. The molecule has 8 nitrogen and oxygen atoms in total. The molecule has 35 heavy (non-hydrogen) atoms. The van der Waals surface area contributed by atoms with Gasteiger partial charge in [0.05, 0.1) is 0 Å². The van der Waals surface area contributed by atoms with Crippen LogP contribution >= 0.6 is 0 Å². The lowest BCUT2D eigenvalue weighted by molar-refractivity contribution is -0.145. The highest BCUT2D eigenvalue weighted by Crippen LogP contribution is 2.33. The van der Waals surface area contributed by atoms with Crippen molar-refractivity contribution in [3.05, 3.63) is 29.3 Å². The number of amides is 3. The van der Waals surface area contributed by atoms with E-state index in [-0.39, 0.29) is 23.6 Å². The number of carbonyl (C=O) groups excluding carboxylic acids is 3. The minimum Gasteiger partial charge on any atom is -0.507 e. The number of carbonyl (C=O) groups is 3. The van der Waals surface area contributed by atoms with Crippen molar-refractivity contribution in [2.45, 2.75) is 105 Å². The van der Waals surface area contributed by atoms with E-state index in [2.05, 4.69) is 10.6 Å². The van der Waals surface area contributed by atoms with Crippen LogP contribution in [0.1, 0.15) is 91.8 Å². The Kier molecular flexibility index (Phi) is 11.5. The summed E-state index contributed by atoms with van der Waals surface area (Å²) in [6.07, 6.45) is 1.38. The third-order valence-electron chi connectivity index (χ3n) is 5.43. The van der Waals surface area contributed by atoms with E-state index >= 15 is 0 Å². The second-order valence-corrected chi connectivity index (χ2v) is 10.7. The molecule has 0 heterocycles. The van der Waals surface area contributed by atoms with Crippen molar-refractivity contribution in [1.82, 2.24) is 15.5 Å². The largest absolute Gasteiger partial charge is 0.507 e. The first-order valence-corrected chi connectivity index (χ1v) is 12.6. The molecule has 0 saturated carbocycles. The van der Waals surface area contributed by atoms with Gasteiger partial charge in [0, 0.05) is 18.2 Å². The van der Waals surface area contributed by atoms with Gasteiger partial charge in [-0.05, 0) is 65.9 Å². The zero-order valence-electron chi connectivity index (χ0n) is 22.9. The van der Waals surface area contributed by atoms with E-state index in [1.165, 1.54) is 4.90 Å². The van der Waals surface area contributed by atoms with E-state index in [0.717, 1.165) is 12.8 Å². The monoisotopic (exact) mass is 491 g/mol. The first-order valence-electron chi connectivity index (χ1n) is 12.6. The molecule has 0 aromatic heterocycles. The second-order valence-electron chi connectivity index (χ2n) is 10.7. The van der Waals surface area contributed by atoms with Crippen LogP contribution in [0.2, 0.25) is 0 Å². The Morgan fingerprint density at radius 3 is 2.26 bits per heavy atom. The molecular formula is C27H45N3O5. The van der Waals surface area contributed by atoms with Gasteiger partial charge in [0.1, 0.15) is 23.4 Å². The number of aryl methyl sites for hydroxylation is 1. The van der Waals surface area contributed by atoms with Crippen LogP contribution in [0.4, 0.5) is 4.79 Å². The number of hydrogen-bond acceptors (Lipinski definition) is 5. The van der Waals surface area contributed by atoms with Crippen LogP contribution in [0.3, 0.4) is 0 Å². The van der Waals surface area contributed by atoms with Crippen LogP contribution in [0.15, 0.2) is 18.2 Å². The Hall–Kier alpha value is -2.77. The van der Waals surface area contributed by atoms with Crippen molar-refractivity contribution < 1.29 is 24.2 Å². The van der Waals surface area contributed by atoms with Gasteiger partial charge < -0.3 is 25.4 Å². The number of phenolic OH excluding ortho intramolecular Hbond substituents is 1. The number of benzene rings is 1.